The van der Waals surface area contributed by atoms with E-state index in [1.165, 1.54) is 12.4 Å². The minimum atomic E-state index is -1.96. The summed E-state index contributed by atoms with van der Waals surface area (Å²) in [5.74, 6) is -0.649. The number of hydrogen-bond acceptors (Lipinski definition) is 8. The molecule has 0 aromatic carbocycles. The van der Waals surface area contributed by atoms with Gasteiger partial charge in [-0.15, -0.1) is 0 Å². The van der Waals surface area contributed by atoms with Crippen molar-refractivity contribution < 1.29 is 27.9 Å². The highest BCUT2D eigenvalue weighted by Crippen LogP contribution is 2.37. The lowest BCUT2D eigenvalue weighted by molar-refractivity contribution is -0.140. The largest absolute Gasteiger partial charge is 0.414 e. The molecule has 0 saturated heterocycles. The second kappa shape index (κ2) is 14.5. The van der Waals surface area contributed by atoms with Gasteiger partial charge in [-0.25, -0.2) is 0 Å². The molecule has 1 aliphatic rings. The number of aliphatic imine (C=N–C) groups is 2. The monoisotopic (exact) mass is 656 g/mol. The van der Waals surface area contributed by atoms with Crippen molar-refractivity contribution in [2.45, 2.75) is 142 Å². The molecule has 12 heteroatoms. The minimum absolute atomic E-state index is 0.0697. The maximum absolute atomic E-state index is 13.6. The molecular weight excluding hydrogens is 593 g/mol. The topological polar surface area (TPSA) is 120 Å². The van der Waals surface area contributed by atoms with Crippen molar-refractivity contribution in [1.29, 1.82) is 0 Å². The first-order chi connectivity index (χ1) is 19.6. The van der Waals surface area contributed by atoms with E-state index in [0.717, 1.165) is 0 Å². The normalized spacial score (nSPS) is 25.7. The van der Waals surface area contributed by atoms with E-state index in [1.807, 2.05) is 27.7 Å². The van der Waals surface area contributed by atoms with E-state index in [1.54, 1.807) is 13.8 Å². The molecule has 0 aromatic heterocycles. The van der Waals surface area contributed by atoms with E-state index in [-0.39, 0.29) is 48.2 Å². The van der Waals surface area contributed by atoms with Crippen LogP contribution in [0.15, 0.2) is 9.98 Å². The van der Waals surface area contributed by atoms with Gasteiger partial charge in [0.2, 0.25) is 0 Å². The first-order valence-electron chi connectivity index (χ1n) is 15.8. The van der Waals surface area contributed by atoms with E-state index in [9.17, 15) is 9.59 Å². The van der Waals surface area contributed by atoms with Crippen LogP contribution in [-0.4, -0.2) is 103 Å². The third kappa shape index (κ3) is 12.1. The van der Waals surface area contributed by atoms with Crippen molar-refractivity contribution in [3.05, 3.63) is 0 Å². The molecule has 10 nitrogen and oxygen atoms in total. The molecule has 0 bridgehead atoms. The number of rotatable bonds is 10. The molecule has 0 fully saturated rings. The van der Waals surface area contributed by atoms with Crippen LogP contribution in [0.3, 0.4) is 0 Å². The summed E-state index contributed by atoms with van der Waals surface area (Å²) in [6, 6.07) is 0. The van der Waals surface area contributed by atoms with Crippen LogP contribution in [-0.2, 0) is 27.9 Å². The molecule has 0 radical (unpaired) electrons. The van der Waals surface area contributed by atoms with E-state index in [4.69, 9.17) is 18.3 Å². The van der Waals surface area contributed by atoms with E-state index in [0.29, 0.717) is 13.2 Å². The number of ether oxygens (including phenoxy) is 2. The van der Waals surface area contributed by atoms with Crippen LogP contribution in [0.4, 0.5) is 0 Å². The maximum Gasteiger partial charge on any atom is 0.258 e. The second-order valence-corrected chi connectivity index (χ2v) is 26.4. The third-order valence-corrected chi connectivity index (χ3v) is 18.0. The quantitative estimate of drug-likeness (QED) is 0.236. The highest BCUT2D eigenvalue weighted by atomic mass is 28.4. The zero-order chi connectivity index (χ0) is 34.5. The average Bonchev–Trinajstić information content (AvgIpc) is 2.81. The Hall–Kier alpha value is -1.45. The molecule has 2 amide bonds. The average molecular weight is 657 g/mol. The van der Waals surface area contributed by atoms with Crippen LogP contribution < -0.4 is 10.6 Å². The van der Waals surface area contributed by atoms with Gasteiger partial charge in [-0.1, -0.05) is 41.5 Å². The van der Waals surface area contributed by atoms with Gasteiger partial charge in [0.1, 0.15) is 0 Å². The summed E-state index contributed by atoms with van der Waals surface area (Å²) in [4.78, 5) is 36.4. The Morgan fingerprint density at radius 2 is 0.932 bits per heavy atom. The Bertz CT molecular complexity index is 964. The highest BCUT2D eigenvalue weighted by molar-refractivity contribution is 6.74. The van der Waals surface area contributed by atoms with Crippen LogP contribution in [0.5, 0.6) is 0 Å². The lowest BCUT2D eigenvalue weighted by Gasteiger charge is -2.37. The first kappa shape index (κ1) is 40.6. The van der Waals surface area contributed by atoms with Crippen molar-refractivity contribution >= 4 is 40.9 Å². The zero-order valence-corrected chi connectivity index (χ0v) is 32.7. The minimum Gasteiger partial charge on any atom is -0.414 e. The highest BCUT2D eigenvalue weighted by Gasteiger charge is 2.41. The fraction of sp³-hybridized carbons (Fsp3) is 0.875. The summed E-state index contributed by atoms with van der Waals surface area (Å²) in [5, 5.41) is 6.27. The second-order valence-electron chi connectivity index (χ2n) is 16.7. The smallest absolute Gasteiger partial charge is 0.258 e. The van der Waals surface area contributed by atoms with Gasteiger partial charge in [0.15, 0.2) is 27.8 Å². The van der Waals surface area contributed by atoms with Gasteiger partial charge in [-0.3, -0.25) is 19.6 Å². The summed E-state index contributed by atoms with van der Waals surface area (Å²) in [5.41, 5.74) is -4.17. The predicted molar refractivity (Wildman–Crippen MR) is 186 cm³/mol. The molecule has 44 heavy (non-hydrogen) atoms. The Labute approximate surface area is 270 Å². The SMILES string of the molecule is CC1(C)CN=C[C@](C)(OCCO[Si](C)(C)C(C)(C)C)C(=O)NC(C)(C)CN=C[C@@](C)(OCCO[Si](C)(C)C(C)(C)C)C(=O)N1. The Morgan fingerprint density at radius 3 is 1.20 bits per heavy atom. The van der Waals surface area contributed by atoms with Gasteiger partial charge in [0, 0.05) is 12.4 Å². The number of carbonyl (C=O) groups is 2. The van der Waals surface area contributed by atoms with Crippen LogP contribution in [0.25, 0.3) is 0 Å². The summed E-state index contributed by atoms with van der Waals surface area (Å²) in [6.45, 7) is 34.4. The summed E-state index contributed by atoms with van der Waals surface area (Å²) < 4.78 is 24.8. The van der Waals surface area contributed by atoms with Gasteiger partial charge in [0.25, 0.3) is 11.8 Å². The fourth-order valence-electron chi connectivity index (χ4n) is 3.69. The number of hydrogen-bond donors (Lipinski definition) is 2. The number of nitrogens with zero attached hydrogens (tertiary/aromatic N) is 2. The zero-order valence-electron chi connectivity index (χ0n) is 30.7. The molecule has 0 unspecified atom stereocenters. The van der Waals surface area contributed by atoms with Gasteiger partial charge in [-0.05, 0) is 77.8 Å². The molecule has 2 atom stereocenters. The molecule has 0 saturated carbocycles. The predicted octanol–water partition coefficient (Wildman–Crippen LogP) is 5.53. The molecule has 256 valence electrons. The van der Waals surface area contributed by atoms with Gasteiger partial charge < -0.3 is 29.0 Å². The summed E-state index contributed by atoms with van der Waals surface area (Å²) in [6.07, 6.45) is 3.06. The van der Waals surface area contributed by atoms with Crippen molar-refractivity contribution in [1.82, 2.24) is 10.6 Å². The summed E-state index contributed by atoms with van der Waals surface area (Å²) >= 11 is 0. The fourth-order valence-corrected chi connectivity index (χ4v) is 5.75. The Morgan fingerprint density at radius 1 is 0.636 bits per heavy atom. The number of nitrogens with one attached hydrogen (secondary N) is 2. The molecule has 1 aliphatic heterocycles. The molecule has 0 aliphatic carbocycles. The van der Waals surface area contributed by atoms with Crippen molar-refractivity contribution in [3.63, 3.8) is 0 Å². The molecule has 1 heterocycles. The van der Waals surface area contributed by atoms with Crippen LogP contribution in [0.1, 0.15) is 83.1 Å². The molecule has 0 spiro atoms. The number of carbonyl (C=O) groups excluding carboxylic acids is 2. The Kier molecular flexibility index (Phi) is 13.4. The van der Waals surface area contributed by atoms with Gasteiger partial charge in [0.05, 0.1) is 50.6 Å². The third-order valence-electron chi connectivity index (χ3n) is 8.96. The molecule has 2 N–H and O–H groups in total. The lowest BCUT2D eigenvalue weighted by Crippen LogP contribution is -2.58. The van der Waals surface area contributed by atoms with E-state index in [2.05, 4.69) is 88.3 Å². The van der Waals surface area contributed by atoms with Crippen LogP contribution >= 0.6 is 0 Å². The lowest BCUT2D eigenvalue weighted by atomic mass is 9.99. The van der Waals surface area contributed by atoms with Crippen LogP contribution in [0.2, 0.25) is 36.3 Å². The molecule has 1 rings (SSSR count). The maximum atomic E-state index is 13.6. The number of amides is 2. The van der Waals surface area contributed by atoms with Gasteiger partial charge >= 0.3 is 0 Å². The van der Waals surface area contributed by atoms with E-state index < -0.39 is 38.9 Å². The van der Waals surface area contributed by atoms with Crippen LogP contribution in [0, 0.1) is 0 Å². The summed E-state index contributed by atoms with van der Waals surface area (Å²) in [7, 11) is -3.92. The van der Waals surface area contributed by atoms with Crippen molar-refractivity contribution in [2.24, 2.45) is 9.98 Å². The van der Waals surface area contributed by atoms with E-state index >= 15 is 0 Å². The van der Waals surface area contributed by atoms with Crippen molar-refractivity contribution in [3.8, 4) is 0 Å². The first-order valence-corrected chi connectivity index (χ1v) is 21.6. The standard InChI is InChI=1S/C32H64N4O6Si2/c1-27(2,3)43(13,14)41-19-17-39-31(11)23-33-21-30(9,10)36-26(38)32(12,24-34-22-29(7,8)35-25(31)37)40-18-20-42-44(15,16)28(4,5)6/h23-24H,17-22H2,1-16H3,(H,35,37)(H,36,38)/t31-,32+. The Balaban J connectivity index is 3.15. The molecule has 0 aromatic rings. The van der Waals surface area contributed by atoms with Crippen molar-refractivity contribution in [2.75, 3.05) is 39.5 Å². The molecular formula is C32H64N4O6Si2. The van der Waals surface area contributed by atoms with Gasteiger partial charge in [-0.2, -0.15) is 0 Å².